The van der Waals surface area contributed by atoms with Crippen molar-refractivity contribution in [1.82, 2.24) is 14.3 Å². The van der Waals surface area contributed by atoms with E-state index in [2.05, 4.69) is 9.97 Å². The first-order valence-electron chi connectivity index (χ1n) is 7.88. The minimum absolute atomic E-state index is 0.0632. The molecule has 1 aliphatic rings. The van der Waals surface area contributed by atoms with E-state index < -0.39 is 10.0 Å². The fraction of sp³-hybridized carbons (Fsp3) is 0.375. The van der Waals surface area contributed by atoms with Gasteiger partial charge in [0.1, 0.15) is 16.7 Å². The van der Waals surface area contributed by atoms with Crippen molar-refractivity contribution in [2.24, 2.45) is 0 Å². The lowest BCUT2D eigenvalue weighted by atomic mass is 10.2. The molecule has 26 heavy (non-hydrogen) atoms. The number of hydrogen-bond acceptors (Lipinski definition) is 5. The number of hydrogen-bond donors (Lipinski definition) is 0. The number of nitrogens with zero attached hydrogens (tertiary/aromatic N) is 3. The van der Waals surface area contributed by atoms with E-state index in [-0.39, 0.29) is 45.3 Å². The van der Waals surface area contributed by atoms with E-state index in [1.807, 2.05) is 0 Å². The van der Waals surface area contributed by atoms with E-state index in [0.29, 0.717) is 5.56 Å². The molecule has 0 N–H and O–H groups in total. The number of benzene rings is 1. The molecule has 0 atom stereocenters. The predicted molar refractivity (Wildman–Crippen MR) is 101 cm³/mol. The van der Waals surface area contributed by atoms with Crippen LogP contribution >= 0.6 is 34.8 Å². The first kappa shape index (κ1) is 19.6. The molecule has 1 heterocycles. The van der Waals surface area contributed by atoms with Crippen molar-refractivity contribution in [3.63, 3.8) is 0 Å². The number of sulfonamides is 1. The van der Waals surface area contributed by atoms with Crippen molar-refractivity contribution in [1.29, 1.82) is 0 Å². The lowest BCUT2D eigenvalue weighted by Gasteiger charge is -2.23. The Balaban J connectivity index is 1.80. The fourth-order valence-corrected chi connectivity index (χ4v) is 5.40. The quantitative estimate of drug-likeness (QED) is 0.614. The molecule has 0 saturated heterocycles. The Bertz CT molecular complexity index is 920. The van der Waals surface area contributed by atoms with E-state index in [0.717, 1.165) is 12.8 Å². The average Bonchev–Trinajstić information content (AvgIpc) is 3.40. The summed E-state index contributed by atoms with van der Waals surface area (Å²) in [6.07, 6.45) is 3.04. The zero-order valence-corrected chi connectivity index (χ0v) is 16.9. The van der Waals surface area contributed by atoms with E-state index in [1.54, 1.807) is 13.0 Å². The van der Waals surface area contributed by atoms with E-state index in [4.69, 9.17) is 39.5 Å². The van der Waals surface area contributed by atoms with Crippen molar-refractivity contribution in [3.8, 4) is 6.01 Å². The Morgan fingerprint density at radius 2 is 1.96 bits per heavy atom. The Labute approximate surface area is 167 Å². The van der Waals surface area contributed by atoms with Crippen LogP contribution in [0.15, 0.2) is 29.3 Å². The van der Waals surface area contributed by atoms with Gasteiger partial charge in [0.25, 0.3) is 0 Å². The van der Waals surface area contributed by atoms with Crippen LogP contribution in [0.1, 0.15) is 18.4 Å². The summed E-state index contributed by atoms with van der Waals surface area (Å²) in [4.78, 5) is 7.78. The second-order valence-corrected chi connectivity index (χ2v) is 8.86. The van der Waals surface area contributed by atoms with Crippen molar-refractivity contribution < 1.29 is 13.2 Å². The normalized spacial score (nSPS) is 14.7. The fourth-order valence-electron chi connectivity index (χ4n) is 2.46. The molecule has 1 aliphatic carbocycles. The van der Waals surface area contributed by atoms with Gasteiger partial charge >= 0.3 is 6.01 Å². The summed E-state index contributed by atoms with van der Waals surface area (Å²) < 4.78 is 33.1. The maximum atomic E-state index is 13.2. The highest BCUT2D eigenvalue weighted by Crippen LogP contribution is 2.38. The van der Waals surface area contributed by atoms with Gasteiger partial charge in [0.2, 0.25) is 10.0 Å². The lowest BCUT2D eigenvalue weighted by Crippen LogP contribution is -2.37. The molecule has 0 aliphatic heterocycles. The standard InChI is InChI=1S/C16H16Cl3N3O3S/c1-10-2-5-12(17)15(14(10)19)26(23,24)22(11-3-4-11)8-9-25-16-20-7-6-13(18)21-16/h2,5-7,11H,3-4,8-9H2,1H3. The smallest absolute Gasteiger partial charge is 0.317 e. The second-order valence-electron chi connectivity index (χ2n) is 5.86. The number of aromatic nitrogens is 2. The van der Waals surface area contributed by atoms with E-state index in [1.165, 1.54) is 22.6 Å². The number of aryl methyl sites for hydroxylation is 1. The molecule has 1 saturated carbocycles. The molecule has 0 spiro atoms. The Kier molecular flexibility index (Phi) is 5.94. The predicted octanol–water partition coefficient (Wildman–Crippen LogP) is 3.98. The molecular formula is C16H16Cl3N3O3S. The molecule has 1 fully saturated rings. The summed E-state index contributed by atoms with van der Waals surface area (Å²) in [5.41, 5.74) is 0.647. The topological polar surface area (TPSA) is 72.4 Å². The number of rotatable bonds is 7. The van der Waals surface area contributed by atoms with Gasteiger partial charge in [-0.2, -0.15) is 9.29 Å². The molecule has 0 unspecified atom stereocenters. The third-order valence-electron chi connectivity index (χ3n) is 3.91. The van der Waals surface area contributed by atoms with E-state index in [9.17, 15) is 8.42 Å². The van der Waals surface area contributed by atoms with Gasteiger partial charge in [0.05, 0.1) is 10.0 Å². The van der Waals surface area contributed by atoms with Crippen LogP contribution in [0.5, 0.6) is 6.01 Å². The Morgan fingerprint density at radius 1 is 1.23 bits per heavy atom. The van der Waals surface area contributed by atoms with Crippen molar-refractivity contribution in [2.45, 2.75) is 30.7 Å². The molecule has 1 aromatic heterocycles. The minimum Gasteiger partial charge on any atom is -0.462 e. The number of halogens is 3. The molecule has 2 aromatic rings. The third-order valence-corrected chi connectivity index (χ3v) is 7.18. The second kappa shape index (κ2) is 7.86. The van der Waals surface area contributed by atoms with Gasteiger partial charge in [-0.15, -0.1) is 0 Å². The highest BCUT2D eigenvalue weighted by molar-refractivity contribution is 7.89. The summed E-state index contributed by atoms with van der Waals surface area (Å²) in [7, 11) is -3.86. The molecule has 6 nitrogen and oxygen atoms in total. The lowest BCUT2D eigenvalue weighted by molar-refractivity contribution is 0.252. The first-order valence-corrected chi connectivity index (χ1v) is 10.5. The molecule has 140 valence electrons. The van der Waals surface area contributed by atoms with E-state index >= 15 is 0 Å². The summed E-state index contributed by atoms with van der Waals surface area (Å²) in [5, 5.41) is 0.493. The molecule has 1 aromatic carbocycles. The Morgan fingerprint density at radius 3 is 2.62 bits per heavy atom. The monoisotopic (exact) mass is 435 g/mol. The van der Waals surface area contributed by atoms with Crippen LogP contribution < -0.4 is 4.74 Å². The van der Waals surface area contributed by atoms with Crippen molar-refractivity contribution >= 4 is 44.8 Å². The van der Waals surface area contributed by atoms with Gasteiger partial charge in [0.15, 0.2) is 0 Å². The van der Waals surface area contributed by atoms with Crippen LogP contribution in [-0.2, 0) is 10.0 Å². The highest BCUT2D eigenvalue weighted by atomic mass is 35.5. The molecule has 0 bridgehead atoms. The molecule has 0 amide bonds. The zero-order valence-electron chi connectivity index (χ0n) is 13.8. The van der Waals surface area contributed by atoms with Gasteiger partial charge in [-0.3, -0.25) is 0 Å². The molecular weight excluding hydrogens is 421 g/mol. The van der Waals surface area contributed by atoms with Gasteiger partial charge in [-0.05, 0) is 37.5 Å². The first-order chi connectivity index (χ1) is 12.3. The number of ether oxygens (including phenoxy) is 1. The van der Waals surface area contributed by atoms with Crippen molar-refractivity contribution in [2.75, 3.05) is 13.2 Å². The average molecular weight is 437 g/mol. The zero-order chi connectivity index (χ0) is 18.9. The Hall–Kier alpha value is -1.12. The van der Waals surface area contributed by atoms with Gasteiger partial charge in [-0.1, -0.05) is 40.9 Å². The van der Waals surface area contributed by atoms with Crippen LogP contribution in [0.4, 0.5) is 0 Å². The van der Waals surface area contributed by atoms with Crippen LogP contribution in [0.25, 0.3) is 0 Å². The molecule has 0 radical (unpaired) electrons. The summed E-state index contributed by atoms with van der Waals surface area (Å²) >= 11 is 18.2. The highest BCUT2D eigenvalue weighted by Gasteiger charge is 2.40. The van der Waals surface area contributed by atoms with Crippen LogP contribution in [0.2, 0.25) is 15.2 Å². The molecule has 3 rings (SSSR count). The van der Waals surface area contributed by atoms with Crippen LogP contribution in [0, 0.1) is 6.92 Å². The van der Waals surface area contributed by atoms with Crippen LogP contribution in [-0.4, -0.2) is 41.9 Å². The minimum atomic E-state index is -3.86. The van der Waals surface area contributed by atoms with Gasteiger partial charge in [-0.25, -0.2) is 13.4 Å². The largest absolute Gasteiger partial charge is 0.462 e. The van der Waals surface area contributed by atoms with Crippen LogP contribution in [0.3, 0.4) is 0 Å². The summed E-state index contributed by atoms with van der Waals surface area (Å²) in [6.45, 7) is 1.94. The maximum Gasteiger partial charge on any atom is 0.317 e. The van der Waals surface area contributed by atoms with Crippen molar-refractivity contribution in [3.05, 3.63) is 45.2 Å². The van der Waals surface area contributed by atoms with Gasteiger partial charge < -0.3 is 4.74 Å². The SMILES string of the molecule is Cc1ccc(Cl)c(S(=O)(=O)N(CCOc2nccc(Cl)n2)C2CC2)c1Cl. The third kappa shape index (κ3) is 4.23. The summed E-state index contributed by atoms with van der Waals surface area (Å²) in [6, 6.07) is 4.76. The molecule has 10 heteroatoms. The van der Waals surface area contributed by atoms with Gasteiger partial charge in [0, 0.05) is 18.8 Å². The maximum absolute atomic E-state index is 13.2. The summed E-state index contributed by atoms with van der Waals surface area (Å²) in [5.74, 6) is 0.